The Morgan fingerprint density at radius 3 is 2.31 bits per heavy atom. The number of carboxylic acid groups (broad SMARTS) is 1. The molecule has 4 heteroatoms. The Morgan fingerprint density at radius 2 is 1.85 bits per heavy atom. The van der Waals surface area contributed by atoms with E-state index in [-0.39, 0.29) is 6.61 Å². The van der Waals surface area contributed by atoms with Crippen LogP contribution in [-0.2, 0) is 14.3 Å². The van der Waals surface area contributed by atoms with Gasteiger partial charge in [-0.1, -0.05) is 0 Å². The van der Waals surface area contributed by atoms with Gasteiger partial charge in [-0.25, -0.2) is 0 Å². The summed E-state index contributed by atoms with van der Waals surface area (Å²) in [5.74, 6) is -0.844. The number of carboxylic acids is 1. The molecule has 0 saturated heterocycles. The zero-order valence-corrected chi connectivity index (χ0v) is 8.50. The predicted molar refractivity (Wildman–Crippen MR) is 48.7 cm³/mol. The van der Waals surface area contributed by atoms with Gasteiger partial charge in [0.25, 0.3) is 0 Å². The lowest BCUT2D eigenvalue weighted by atomic mass is 9.95. The fourth-order valence-corrected chi connectivity index (χ4v) is 0.651. The molecule has 0 fully saturated rings. The number of hydrogen-bond acceptors (Lipinski definition) is 3. The Bertz CT molecular complexity index is 154. The molecule has 0 aromatic rings. The first kappa shape index (κ1) is 12.4. The van der Waals surface area contributed by atoms with Crippen molar-refractivity contribution in [1.29, 1.82) is 0 Å². The average molecular weight is 190 g/mol. The third-order valence-electron chi connectivity index (χ3n) is 1.62. The van der Waals surface area contributed by atoms with E-state index in [1.54, 1.807) is 13.8 Å². The van der Waals surface area contributed by atoms with Crippen LogP contribution in [0.2, 0.25) is 0 Å². The van der Waals surface area contributed by atoms with Crippen LogP contribution in [-0.4, -0.2) is 37.5 Å². The molecule has 78 valence electrons. The molecule has 0 bridgehead atoms. The van der Waals surface area contributed by atoms with E-state index in [4.69, 9.17) is 14.6 Å². The highest BCUT2D eigenvalue weighted by atomic mass is 16.5. The maximum atomic E-state index is 10.6. The fourth-order valence-electron chi connectivity index (χ4n) is 0.651. The summed E-state index contributed by atoms with van der Waals surface area (Å²) in [4.78, 5) is 10.6. The Morgan fingerprint density at radius 1 is 1.31 bits per heavy atom. The largest absolute Gasteiger partial charge is 0.481 e. The van der Waals surface area contributed by atoms with Crippen molar-refractivity contribution in [3.05, 3.63) is 0 Å². The number of carbonyl (C=O) groups is 1. The van der Waals surface area contributed by atoms with Gasteiger partial charge in [0.05, 0.1) is 25.2 Å². The van der Waals surface area contributed by atoms with E-state index in [1.165, 1.54) is 0 Å². The van der Waals surface area contributed by atoms with E-state index in [2.05, 4.69) is 0 Å². The van der Waals surface area contributed by atoms with Gasteiger partial charge in [-0.05, 0) is 20.8 Å². The van der Waals surface area contributed by atoms with Gasteiger partial charge >= 0.3 is 5.97 Å². The molecule has 0 aromatic carbocycles. The summed E-state index contributed by atoms with van der Waals surface area (Å²) >= 11 is 0. The number of ether oxygens (including phenoxy) is 2. The van der Waals surface area contributed by atoms with Crippen molar-refractivity contribution in [2.75, 3.05) is 26.4 Å². The third-order valence-corrected chi connectivity index (χ3v) is 1.62. The molecule has 0 heterocycles. The first-order chi connectivity index (χ1) is 6.00. The molecular weight excluding hydrogens is 172 g/mol. The molecule has 0 spiro atoms. The second kappa shape index (κ2) is 5.94. The molecule has 0 atom stereocenters. The lowest BCUT2D eigenvalue weighted by Gasteiger charge is -2.18. The highest BCUT2D eigenvalue weighted by Gasteiger charge is 2.27. The summed E-state index contributed by atoms with van der Waals surface area (Å²) in [5.41, 5.74) is -0.813. The van der Waals surface area contributed by atoms with Gasteiger partial charge in [-0.3, -0.25) is 4.79 Å². The SMILES string of the molecule is CCOCCOCC(C)(C)C(=O)O. The molecule has 1 N–H and O–H groups in total. The first-order valence-electron chi connectivity index (χ1n) is 4.39. The Kier molecular flexibility index (Phi) is 5.66. The maximum absolute atomic E-state index is 10.6. The summed E-state index contributed by atoms with van der Waals surface area (Å²) in [7, 11) is 0. The highest BCUT2D eigenvalue weighted by molar-refractivity contribution is 5.73. The van der Waals surface area contributed by atoms with Crippen molar-refractivity contribution >= 4 is 5.97 Å². The summed E-state index contributed by atoms with van der Waals surface area (Å²) in [6.07, 6.45) is 0. The van der Waals surface area contributed by atoms with E-state index in [9.17, 15) is 4.79 Å². The number of rotatable bonds is 7. The van der Waals surface area contributed by atoms with Gasteiger partial charge in [-0.15, -0.1) is 0 Å². The smallest absolute Gasteiger partial charge is 0.311 e. The standard InChI is InChI=1S/C9H18O4/c1-4-12-5-6-13-7-9(2,3)8(10)11/h4-7H2,1-3H3,(H,10,11). The van der Waals surface area contributed by atoms with Crippen LogP contribution >= 0.6 is 0 Å². The van der Waals surface area contributed by atoms with Crippen LogP contribution in [0.25, 0.3) is 0 Å². The second-order valence-electron chi connectivity index (χ2n) is 3.44. The molecule has 0 saturated carbocycles. The zero-order chi connectivity index (χ0) is 10.3. The van der Waals surface area contributed by atoms with Crippen LogP contribution in [0.4, 0.5) is 0 Å². The van der Waals surface area contributed by atoms with Gasteiger partial charge in [-0.2, -0.15) is 0 Å². The minimum absolute atomic E-state index is 0.218. The van der Waals surface area contributed by atoms with Crippen molar-refractivity contribution in [1.82, 2.24) is 0 Å². The molecule has 0 aliphatic carbocycles. The van der Waals surface area contributed by atoms with E-state index in [0.29, 0.717) is 19.8 Å². The van der Waals surface area contributed by atoms with Gasteiger partial charge in [0.15, 0.2) is 0 Å². The topological polar surface area (TPSA) is 55.8 Å². The molecule has 4 nitrogen and oxygen atoms in total. The lowest BCUT2D eigenvalue weighted by molar-refractivity contribution is -0.150. The van der Waals surface area contributed by atoms with Crippen LogP contribution in [0.15, 0.2) is 0 Å². The molecule has 13 heavy (non-hydrogen) atoms. The summed E-state index contributed by atoms with van der Waals surface area (Å²) in [5, 5.41) is 8.73. The van der Waals surface area contributed by atoms with E-state index in [0.717, 1.165) is 0 Å². The first-order valence-corrected chi connectivity index (χ1v) is 4.39. The number of hydrogen-bond donors (Lipinski definition) is 1. The van der Waals surface area contributed by atoms with Crippen molar-refractivity contribution in [3.8, 4) is 0 Å². The molecule has 0 aliphatic rings. The predicted octanol–water partition coefficient (Wildman–Crippen LogP) is 1.15. The van der Waals surface area contributed by atoms with Crippen LogP contribution in [0.3, 0.4) is 0 Å². The fraction of sp³-hybridized carbons (Fsp3) is 0.889. The number of aliphatic carboxylic acids is 1. The van der Waals surface area contributed by atoms with E-state index >= 15 is 0 Å². The normalized spacial score (nSPS) is 11.6. The molecule has 0 unspecified atom stereocenters. The van der Waals surface area contributed by atoms with Crippen LogP contribution < -0.4 is 0 Å². The van der Waals surface area contributed by atoms with E-state index < -0.39 is 11.4 Å². The average Bonchev–Trinajstić information content (AvgIpc) is 2.03. The van der Waals surface area contributed by atoms with Gasteiger partial charge in [0.1, 0.15) is 0 Å². The minimum atomic E-state index is -0.844. The van der Waals surface area contributed by atoms with Gasteiger partial charge in [0, 0.05) is 6.61 Å². The Labute approximate surface area is 78.8 Å². The molecule has 0 amide bonds. The molecule has 0 radical (unpaired) electrons. The minimum Gasteiger partial charge on any atom is -0.481 e. The van der Waals surface area contributed by atoms with Gasteiger partial charge in [0.2, 0.25) is 0 Å². The second-order valence-corrected chi connectivity index (χ2v) is 3.44. The van der Waals surface area contributed by atoms with Crippen molar-refractivity contribution in [2.45, 2.75) is 20.8 Å². The van der Waals surface area contributed by atoms with E-state index in [1.807, 2.05) is 6.92 Å². The lowest BCUT2D eigenvalue weighted by Crippen LogP contribution is -2.29. The zero-order valence-electron chi connectivity index (χ0n) is 8.50. The van der Waals surface area contributed by atoms with Crippen LogP contribution in [0, 0.1) is 5.41 Å². The van der Waals surface area contributed by atoms with Crippen LogP contribution in [0.1, 0.15) is 20.8 Å². The van der Waals surface area contributed by atoms with Crippen molar-refractivity contribution in [2.24, 2.45) is 5.41 Å². The summed E-state index contributed by atoms with van der Waals surface area (Å²) < 4.78 is 10.2. The quantitative estimate of drug-likeness (QED) is 0.612. The summed E-state index contributed by atoms with van der Waals surface area (Å²) in [6.45, 7) is 7.02. The maximum Gasteiger partial charge on any atom is 0.311 e. The molecule has 0 rings (SSSR count). The molecule has 0 aromatic heterocycles. The Hall–Kier alpha value is -0.610. The molecular formula is C9H18O4. The van der Waals surface area contributed by atoms with Gasteiger partial charge < -0.3 is 14.6 Å². The molecule has 0 aliphatic heterocycles. The Balaban J connectivity index is 3.46. The van der Waals surface area contributed by atoms with Crippen molar-refractivity contribution in [3.63, 3.8) is 0 Å². The van der Waals surface area contributed by atoms with Crippen LogP contribution in [0.5, 0.6) is 0 Å². The third kappa shape index (κ3) is 5.60. The highest BCUT2D eigenvalue weighted by Crippen LogP contribution is 2.14. The van der Waals surface area contributed by atoms with Crippen molar-refractivity contribution < 1.29 is 19.4 Å². The monoisotopic (exact) mass is 190 g/mol. The summed E-state index contributed by atoms with van der Waals surface area (Å²) in [6, 6.07) is 0.